The molecule has 0 radical (unpaired) electrons. The molecule has 1 spiro atoms. The van der Waals surface area contributed by atoms with E-state index >= 15 is 0 Å². The Kier molecular flexibility index (Phi) is 2.45. The topological polar surface area (TPSA) is 21.3 Å². The lowest BCUT2D eigenvalue weighted by Gasteiger charge is -2.40. The molecule has 2 aliphatic rings. The van der Waals surface area contributed by atoms with Gasteiger partial charge in [-0.15, -0.1) is 0 Å². The lowest BCUT2D eigenvalue weighted by molar-refractivity contribution is -0.00455. The summed E-state index contributed by atoms with van der Waals surface area (Å²) in [5.41, 5.74) is 0. The Labute approximate surface area is 69.9 Å². The summed E-state index contributed by atoms with van der Waals surface area (Å²) in [4.78, 5) is 0. The van der Waals surface area contributed by atoms with Crippen molar-refractivity contribution in [1.29, 1.82) is 0 Å². The van der Waals surface area contributed by atoms with Crippen LogP contribution in [0.5, 0.6) is 0 Å². The second kappa shape index (κ2) is 3.38. The zero-order chi connectivity index (χ0) is 7.57. The first-order chi connectivity index (χ1) is 5.41. The predicted octanol–water partition coefficient (Wildman–Crippen LogP) is 1.16. The van der Waals surface area contributed by atoms with Gasteiger partial charge in [-0.1, -0.05) is 8.58 Å². The van der Waals surface area contributed by atoms with Crippen LogP contribution in [-0.2, 0) is 4.74 Å². The van der Waals surface area contributed by atoms with Gasteiger partial charge in [0.2, 0.25) is 0 Å². The molecular formula is C8H16NOP. The van der Waals surface area contributed by atoms with Gasteiger partial charge in [0.15, 0.2) is 0 Å². The molecule has 2 heterocycles. The number of hydrogen-bond donors (Lipinski definition) is 1. The maximum atomic E-state index is 5.88. The highest BCUT2D eigenvalue weighted by Gasteiger charge is 2.34. The van der Waals surface area contributed by atoms with Crippen LogP contribution in [-0.4, -0.2) is 31.2 Å². The molecule has 0 saturated carbocycles. The summed E-state index contributed by atoms with van der Waals surface area (Å²) in [5.74, 6) is 0. The van der Waals surface area contributed by atoms with Gasteiger partial charge < -0.3 is 10.1 Å². The lowest BCUT2D eigenvalue weighted by atomic mass is 10.1. The van der Waals surface area contributed by atoms with Crippen molar-refractivity contribution in [3.63, 3.8) is 0 Å². The molecule has 2 aliphatic heterocycles. The lowest BCUT2D eigenvalue weighted by Crippen LogP contribution is -2.42. The molecule has 3 heteroatoms. The Bertz CT molecular complexity index is 109. The van der Waals surface area contributed by atoms with Crippen molar-refractivity contribution < 1.29 is 4.74 Å². The van der Waals surface area contributed by atoms with E-state index in [9.17, 15) is 0 Å². The Morgan fingerprint density at radius 3 is 2.73 bits per heavy atom. The van der Waals surface area contributed by atoms with Crippen LogP contribution in [0.15, 0.2) is 0 Å². The maximum absolute atomic E-state index is 5.88. The highest BCUT2D eigenvalue weighted by atomic mass is 31.1. The second-order valence-electron chi connectivity index (χ2n) is 3.37. The third-order valence-electron chi connectivity index (χ3n) is 2.56. The van der Waals surface area contributed by atoms with Crippen LogP contribution in [0.2, 0.25) is 0 Å². The van der Waals surface area contributed by atoms with Crippen molar-refractivity contribution in [3.05, 3.63) is 0 Å². The van der Waals surface area contributed by atoms with Crippen molar-refractivity contribution in [2.45, 2.75) is 24.6 Å². The average Bonchev–Trinajstić information content (AvgIpc) is 2.07. The van der Waals surface area contributed by atoms with E-state index in [2.05, 4.69) is 5.32 Å². The van der Waals surface area contributed by atoms with Gasteiger partial charge in [0.1, 0.15) is 0 Å². The van der Waals surface area contributed by atoms with Gasteiger partial charge in [-0.25, -0.2) is 0 Å². The maximum Gasteiger partial charge on any atom is 0.0865 e. The van der Waals surface area contributed by atoms with Crippen molar-refractivity contribution in [3.8, 4) is 0 Å². The summed E-state index contributed by atoms with van der Waals surface area (Å²) in [5, 5.41) is 3.70. The van der Waals surface area contributed by atoms with E-state index in [0.717, 1.165) is 28.3 Å². The molecule has 2 saturated heterocycles. The largest absolute Gasteiger partial charge is 0.371 e. The van der Waals surface area contributed by atoms with Crippen LogP contribution < -0.4 is 5.32 Å². The Morgan fingerprint density at radius 1 is 1.27 bits per heavy atom. The highest BCUT2D eigenvalue weighted by Crippen LogP contribution is 2.43. The smallest absolute Gasteiger partial charge is 0.0865 e. The van der Waals surface area contributed by atoms with Crippen molar-refractivity contribution >= 4 is 8.58 Å². The van der Waals surface area contributed by atoms with Crippen molar-refractivity contribution in [1.82, 2.24) is 5.32 Å². The molecule has 1 unspecified atom stereocenters. The van der Waals surface area contributed by atoms with Crippen LogP contribution >= 0.6 is 8.58 Å². The summed E-state index contributed by atoms with van der Waals surface area (Å²) in [6.45, 7) is 3.33. The standard InChI is InChI=1S/C8H16NOP/c1-6-10-8(11-7-1)2-4-9-5-3-8/h9,11H,1-7H2. The fraction of sp³-hybridized carbons (Fsp3) is 1.00. The first-order valence-electron chi connectivity index (χ1n) is 4.51. The number of nitrogens with one attached hydrogen (secondary N) is 1. The SMILES string of the molecule is C1COC2(CCNCC2)PC1. The molecular weight excluding hydrogens is 157 g/mol. The number of hydrogen-bond acceptors (Lipinski definition) is 2. The third-order valence-corrected chi connectivity index (χ3v) is 4.45. The molecule has 0 aromatic heterocycles. The molecule has 0 amide bonds. The molecule has 64 valence electrons. The zero-order valence-electron chi connectivity index (χ0n) is 6.86. The van der Waals surface area contributed by atoms with E-state index in [4.69, 9.17) is 4.74 Å². The normalized spacial score (nSPS) is 32.7. The number of ether oxygens (including phenoxy) is 1. The van der Waals surface area contributed by atoms with Gasteiger partial charge in [0.05, 0.1) is 5.34 Å². The van der Waals surface area contributed by atoms with Gasteiger partial charge in [0, 0.05) is 6.61 Å². The molecule has 0 aliphatic carbocycles. The van der Waals surface area contributed by atoms with E-state index in [1.54, 1.807) is 0 Å². The zero-order valence-corrected chi connectivity index (χ0v) is 7.86. The summed E-state index contributed by atoms with van der Waals surface area (Å²) < 4.78 is 5.88. The van der Waals surface area contributed by atoms with Crippen molar-refractivity contribution in [2.24, 2.45) is 0 Å². The first kappa shape index (κ1) is 7.97. The molecule has 0 aromatic carbocycles. The quantitative estimate of drug-likeness (QED) is 0.555. The highest BCUT2D eigenvalue weighted by molar-refractivity contribution is 7.39. The summed E-state index contributed by atoms with van der Waals surface area (Å²) in [6.07, 6.45) is 5.17. The van der Waals surface area contributed by atoms with Crippen LogP contribution in [0.1, 0.15) is 19.3 Å². The summed E-state index contributed by atoms with van der Waals surface area (Å²) >= 11 is 0. The predicted molar refractivity (Wildman–Crippen MR) is 48.6 cm³/mol. The number of piperidine rings is 1. The molecule has 1 N–H and O–H groups in total. The van der Waals surface area contributed by atoms with Crippen LogP contribution in [0.4, 0.5) is 0 Å². The van der Waals surface area contributed by atoms with E-state index in [1.165, 1.54) is 25.4 Å². The molecule has 0 aromatic rings. The van der Waals surface area contributed by atoms with Gasteiger partial charge in [-0.2, -0.15) is 0 Å². The molecule has 2 rings (SSSR count). The summed E-state index contributed by atoms with van der Waals surface area (Å²) in [7, 11) is 1.06. The van der Waals surface area contributed by atoms with Crippen LogP contribution in [0.25, 0.3) is 0 Å². The van der Waals surface area contributed by atoms with Gasteiger partial charge in [-0.3, -0.25) is 0 Å². The van der Waals surface area contributed by atoms with E-state index in [-0.39, 0.29) is 0 Å². The Balaban J connectivity index is 1.94. The molecule has 0 bridgehead atoms. The molecule has 2 fully saturated rings. The fourth-order valence-corrected chi connectivity index (χ4v) is 3.44. The van der Waals surface area contributed by atoms with E-state index < -0.39 is 0 Å². The van der Waals surface area contributed by atoms with Crippen LogP contribution in [0.3, 0.4) is 0 Å². The average molecular weight is 173 g/mol. The van der Waals surface area contributed by atoms with E-state index in [0.29, 0.717) is 5.34 Å². The fourth-order valence-electron chi connectivity index (χ4n) is 1.86. The van der Waals surface area contributed by atoms with Gasteiger partial charge in [0.25, 0.3) is 0 Å². The molecule has 1 atom stereocenters. The van der Waals surface area contributed by atoms with Crippen LogP contribution in [0, 0.1) is 0 Å². The monoisotopic (exact) mass is 173 g/mol. The molecule has 11 heavy (non-hydrogen) atoms. The van der Waals surface area contributed by atoms with E-state index in [1.807, 2.05) is 0 Å². The second-order valence-corrected chi connectivity index (χ2v) is 5.14. The minimum absolute atomic E-state index is 0.323. The first-order valence-corrected chi connectivity index (χ1v) is 5.72. The third kappa shape index (κ3) is 1.74. The Hall–Kier alpha value is 0.350. The number of rotatable bonds is 0. The Morgan fingerprint density at radius 2 is 2.09 bits per heavy atom. The summed E-state index contributed by atoms with van der Waals surface area (Å²) in [6, 6.07) is 0. The minimum atomic E-state index is 0.323. The molecule has 2 nitrogen and oxygen atoms in total. The minimum Gasteiger partial charge on any atom is -0.371 e. The van der Waals surface area contributed by atoms with Gasteiger partial charge >= 0.3 is 0 Å². The van der Waals surface area contributed by atoms with Gasteiger partial charge in [-0.05, 0) is 38.5 Å². The van der Waals surface area contributed by atoms with Crippen molar-refractivity contribution in [2.75, 3.05) is 25.9 Å².